The van der Waals surface area contributed by atoms with E-state index in [1.807, 2.05) is 0 Å². The van der Waals surface area contributed by atoms with Crippen LogP contribution in [0, 0.1) is 40.4 Å². The maximum atomic E-state index is 11.8. The zero-order chi connectivity index (χ0) is 21.0. The molecule has 0 bridgehead atoms. The molecule has 0 aromatic carbocycles. The average Bonchev–Trinajstić information content (AvgIpc) is 2.98. The highest BCUT2D eigenvalue weighted by molar-refractivity contribution is 5.90. The number of esters is 1. The molecule has 4 fully saturated rings. The standard InChI is InChI=1S/C25H38O4/c1-15(2)19-7-8-20-18-6-5-16-13-17(29-23(28)14-22(26)27)9-11-24(16,3)21(18)10-12-25(19,20)4/h16-21H,1,5-14H2,2-4H3,(H,26,27)/t16?,17-,18+,19-,20+,21+,24+,25-/m1/s1. The topological polar surface area (TPSA) is 63.6 Å². The van der Waals surface area contributed by atoms with Crippen LogP contribution in [0.1, 0.15) is 85.0 Å². The fraction of sp³-hybridized carbons (Fsp3) is 0.840. The van der Waals surface area contributed by atoms with Crippen LogP contribution in [0.25, 0.3) is 0 Å². The van der Waals surface area contributed by atoms with E-state index in [0.29, 0.717) is 22.7 Å². The molecular weight excluding hydrogens is 364 g/mol. The zero-order valence-corrected chi connectivity index (χ0v) is 18.4. The van der Waals surface area contributed by atoms with Gasteiger partial charge in [-0.3, -0.25) is 9.59 Å². The van der Waals surface area contributed by atoms with Gasteiger partial charge in [0.2, 0.25) is 0 Å². The molecule has 0 radical (unpaired) electrons. The van der Waals surface area contributed by atoms with E-state index in [9.17, 15) is 9.59 Å². The minimum atomic E-state index is -1.11. The first-order chi connectivity index (χ1) is 13.6. The summed E-state index contributed by atoms with van der Waals surface area (Å²) >= 11 is 0. The lowest BCUT2D eigenvalue weighted by molar-refractivity contribution is -0.165. The molecule has 0 amide bonds. The first-order valence-electron chi connectivity index (χ1n) is 11.7. The highest BCUT2D eigenvalue weighted by atomic mass is 16.5. The second-order valence-electron chi connectivity index (χ2n) is 11.1. The monoisotopic (exact) mass is 402 g/mol. The van der Waals surface area contributed by atoms with Gasteiger partial charge in [0.15, 0.2) is 0 Å². The van der Waals surface area contributed by atoms with Gasteiger partial charge in [-0.25, -0.2) is 0 Å². The van der Waals surface area contributed by atoms with Crippen molar-refractivity contribution >= 4 is 11.9 Å². The minimum absolute atomic E-state index is 0.0930. The Kier molecular flexibility index (Phi) is 5.36. The van der Waals surface area contributed by atoms with E-state index in [0.717, 1.165) is 37.0 Å². The number of fused-ring (bicyclic) bond motifs is 5. The number of carbonyl (C=O) groups is 2. The van der Waals surface area contributed by atoms with Gasteiger partial charge in [0.05, 0.1) is 0 Å². The van der Waals surface area contributed by atoms with Gasteiger partial charge in [-0.05, 0) is 105 Å². The quantitative estimate of drug-likeness (QED) is 0.377. The zero-order valence-electron chi connectivity index (χ0n) is 18.4. The molecule has 1 unspecified atom stereocenters. The van der Waals surface area contributed by atoms with Gasteiger partial charge >= 0.3 is 11.9 Å². The van der Waals surface area contributed by atoms with Crippen LogP contribution < -0.4 is 0 Å². The van der Waals surface area contributed by atoms with Crippen molar-refractivity contribution in [3.63, 3.8) is 0 Å². The van der Waals surface area contributed by atoms with E-state index in [1.54, 1.807) is 0 Å². The molecule has 162 valence electrons. The van der Waals surface area contributed by atoms with Gasteiger partial charge < -0.3 is 9.84 Å². The molecule has 0 aromatic heterocycles. The van der Waals surface area contributed by atoms with Crippen molar-refractivity contribution in [2.45, 2.75) is 91.1 Å². The Morgan fingerprint density at radius 1 is 1.00 bits per heavy atom. The summed E-state index contributed by atoms with van der Waals surface area (Å²) in [6.45, 7) is 11.6. The summed E-state index contributed by atoms with van der Waals surface area (Å²) < 4.78 is 5.53. The second-order valence-corrected chi connectivity index (χ2v) is 11.1. The van der Waals surface area contributed by atoms with E-state index < -0.39 is 18.4 Å². The summed E-state index contributed by atoms with van der Waals surface area (Å²) in [6, 6.07) is 0. The van der Waals surface area contributed by atoms with Crippen LogP contribution in [0.15, 0.2) is 12.2 Å². The highest BCUT2D eigenvalue weighted by Gasteiger charge is 2.60. The normalized spacial score (nSPS) is 46.2. The summed E-state index contributed by atoms with van der Waals surface area (Å²) in [5.41, 5.74) is 2.18. The third-order valence-corrected chi connectivity index (χ3v) is 9.81. The molecule has 8 atom stereocenters. The Labute approximate surface area is 175 Å². The number of hydrogen-bond acceptors (Lipinski definition) is 3. The van der Waals surface area contributed by atoms with Crippen LogP contribution in [-0.4, -0.2) is 23.1 Å². The van der Waals surface area contributed by atoms with E-state index in [4.69, 9.17) is 9.84 Å². The average molecular weight is 403 g/mol. The molecule has 4 nitrogen and oxygen atoms in total. The van der Waals surface area contributed by atoms with Crippen molar-refractivity contribution in [3.05, 3.63) is 12.2 Å². The number of carboxylic acid groups (broad SMARTS) is 1. The van der Waals surface area contributed by atoms with Crippen LogP contribution in [0.4, 0.5) is 0 Å². The summed E-state index contributed by atoms with van der Waals surface area (Å²) in [4.78, 5) is 22.6. The Morgan fingerprint density at radius 2 is 1.69 bits per heavy atom. The summed E-state index contributed by atoms with van der Waals surface area (Å²) in [6.07, 6.45) is 10.2. The summed E-state index contributed by atoms with van der Waals surface area (Å²) in [5, 5.41) is 8.81. The van der Waals surface area contributed by atoms with Gasteiger partial charge in [-0.2, -0.15) is 0 Å². The maximum absolute atomic E-state index is 11.8. The number of allylic oxidation sites excluding steroid dienone is 1. The summed E-state index contributed by atoms with van der Waals surface area (Å²) in [7, 11) is 0. The van der Waals surface area contributed by atoms with Crippen molar-refractivity contribution in [2.75, 3.05) is 0 Å². The molecule has 4 aliphatic rings. The van der Waals surface area contributed by atoms with Crippen LogP contribution in [-0.2, 0) is 14.3 Å². The molecule has 4 heteroatoms. The lowest BCUT2D eigenvalue weighted by Crippen LogP contribution is -2.54. The van der Waals surface area contributed by atoms with Crippen LogP contribution >= 0.6 is 0 Å². The van der Waals surface area contributed by atoms with Crippen LogP contribution in [0.3, 0.4) is 0 Å². The minimum Gasteiger partial charge on any atom is -0.481 e. The summed E-state index contributed by atoms with van der Waals surface area (Å²) in [5.74, 6) is 2.08. The second kappa shape index (κ2) is 7.42. The molecule has 0 saturated heterocycles. The van der Waals surface area contributed by atoms with Gasteiger partial charge in [0.1, 0.15) is 12.5 Å². The molecule has 4 saturated carbocycles. The molecule has 0 aromatic rings. The number of aliphatic carboxylic acids is 1. The number of rotatable bonds is 4. The van der Waals surface area contributed by atoms with Crippen molar-refractivity contribution < 1.29 is 19.4 Å². The molecule has 1 N–H and O–H groups in total. The van der Waals surface area contributed by atoms with Crippen LogP contribution in [0.2, 0.25) is 0 Å². The molecule has 4 aliphatic carbocycles. The number of hydrogen-bond donors (Lipinski definition) is 1. The molecule has 0 aliphatic heterocycles. The largest absolute Gasteiger partial charge is 0.481 e. The maximum Gasteiger partial charge on any atom is 0.317 e. The van der Waals surface area contributed by atoms with Gasteiger partial charge in [0, 0.05) is 0 Å². The Balaban J connectivity index is 1.46. The van der Waals surface area contributed by atoms with E-state index in [1.165, 1.54) is 44.1 Å². The molecule has 0 spiro atoms. The molecule has 0 heterocycles. The van der Waals surface area contributed by atoms with E-state index in [2.05, 4.69) is 27.4 Å². The van der Waals surface area contributed by atoms with E-state index in [-0.39, 0.29) is 6.10 Å². The first-order valence-corrected chi connectivity index (χ1v) is 11.7. The molecule has 29 heavy (non-hydrogen) atoms. The van der Waals surface area contributed by atoms with Gasteiger partial charge in [0.25, 0.3) is 0 Å². The Hall–Kier alpha value is -1.32. The van der Waals surface area contributed by atoms with Gasteiger partial charge in [-0.15, -0.1) is 0 Å². The van der Waals surface area contributed by atoms with Crippen molar-refractivity contribution in [1.82, 2.24) is 0 Å². The van der Waals surface area contributed by atoms with Crippen LogP contribution in [0.5, 0.6) is 0 Å². The fourth-order valence-corrected chi connectivity index (χ4v) is 8.49. The lowest BCUT2D eigenvalue weighted by atomic mass is 9.44. The lowest BCUT2D eigenvalue weighted by Gasteiger charge is -2.61. The van der Waals surface area contributed by atoms with Crippen molar-refractivity contribution in [3.8, 4) is 0 Å². The predicted octanol–water partition coefficient (Wildman–Crippen LogP) is 5.61. The fourth-order valence-electron chi connectivity index (χ4n) is 8.49. The number of ether oxygens (including phenoxy) is 1. The SMILES string of the molecule is C=C(C)[C@H]1CC[C@H]2[C@@H]3CCC4C[C@H](OC(=O)CC(=O)O)CC[C@]4(C)[C@H]3CC[C@]12C. The van der Waals surface area contributed by atoms with Crippen molar-refractivity contribution in [2.24, 2.45) is 40.4 Å². The van der Waals surface area contributed by atoms with E-state index >= 15 is 0 Å². The predicted molar refractivity (Wildman–Crippen MR) is 112 cm³/mol. The Morgan fingerprint density at radius 3 is 2.38 bits per heavy atom. The smallest absolute Gasteiger partial charge is 0.317 e. The first kappa shape index (κ1) is 20.9. The number of carboxylic acids is 1. The Bertz CT molecular complexity index is 699. The molecular formula is C25H38O4. The third kappa shape index (κ3) is 3.45. The number of carbonyl (C=O) groups excluding carboxylic acids is 1. The third-order valence-electron chi connectivity index (χ3n) is 9.81. The van der Waals surface area contributed by atoms with Crippen molar-refractivity contribution in [1.29, 1.82) is 0 Å². The highest BCUT2D eigenvalue weighted by Crippen LogP contribution is 2.68. The molecule has 4 rings (SSSR count). The van der Waals surface area contributed by atoms with Gasteiger partial charge in [-0.1, -0.05) is 26.0 Å².